The zero-order chi connectivity index (χ0) is 22.9. The monoisotopic (exact) mass is 434 g/mol. The van der Waals surface area contributed by atoms with Gasteiger partial charge in [0.15, 0.2) is 0 Å². The van der Waals surface area contributed by atoms with Gasteiger partial charge >= 0.3 is 0 Å². The van der Waals surface area contributed by atoms with Crippen LogP contribution in [0.5, 0.6) is 0 Å². The van der Waals surface area contributed by atoms with Gasteiger partial charge in [-0.2, -0.15) is 0 Å². The zero-order valence-corrected chi connectivity index (χ0v) is 17.4. The summed E-state index contributed by atoms with van der Waals surface area (Å²) >= 11 is 0. The van der Waals surface area contributed by atoms with Crippen molar-refractivity contribution in [1.82, 2.24) is 0 Å². The molecule has 2 aliphatic rings. The second kappa shape index (κ2) is 8.16. The summed E-state index contributed by atoms with van der Waals surface area (Å²) < 4.78 is 0. The van der Waals surface area contributed by atoms with Gasteiger partial charge in [0.05, 0.1) is 11.4 Å². The molecular formula is C27H18N2O4. The third-order valence-electron chi connectivity index (χ3n) is 5.72. The molecule has 2 aliphatic heterocycles. The normalized spacial score (nSPS) is 15.4. The maximum atomic E-state index is 12.0. The molecule has 0 saturated carbocycles. The van der Waals surface area contributed by atoms with Crippen molar-refractivity contribution in [2.24, 2.45) is 0 Å². The highest BCUT2D eigenvalue weighted by molar-refractivity contribution is 6.28. The standard InChI is InChI=1S/C27H18N2O4/c30-23-14-15-24(31)28(23)21-10-6-19(7-11-21)27(18-4-2-1-3-5-18)20-8-12-22(13-9-20)29-25(32)16-17-26(29)33/h1-17,27H. The quantitative estimate of drug-likeness (QED) is 0.453. The largest absolute Gasteiger partial charge is 0.269 e. The van der Waals surface area contributed by atoms with Gasteiger partial charge < -0.3 is 0 Å². The number of imide groups is 2. The molecule has 3 aromatic rings. The van der Waals surface area contributed by atoms with Crippen molar-refractivity contribution in [2.45, 2.75) is 5.92 Å². The molecule has 0 atom stereocenters. The minimum absolute atomic E-state index is 0.125. The minimum Gasteiger partial charge on any atom is -0.269 e. The first-order valence-corrected chi connectivity index (χ1v) is 10.4. The molecule has 0 bridgehead atoms. The number of hydrogen-bond acceptors (Lipinski definition) is 4. The number of nitrogens with zero attached hydrogens (tertiary/aromatic N) is 2. The van der Waals surface area contributed by atoms with Crippen LogP contribution in [-0.4, -0.2) is 23.6 Å². The van der Waals surface area contributed by atoms with E-state index in [0.29, 0.717) is 11.4 Å². The van der Waals surface area contributed by atoms with Crippen molar-refractivity contribution >= 4 is 35.0 Å². The lowest BCUT2D eigenvalue weighted by Gasteiger charge is -2.21. The molecule has 0 aliphatic carbocycles. The molecule has 0 radical (unpaired) electrons. The summed E-state index contributed by atoms with van der Waals surface area (Å²) in [5, 5.41) is 0. The van der Waals surface area contributed by atoms with E-state index in [1.807, 2.05) is 54.6 Å². The third kappa shape index (κ3) is 3.68. The summed E-state index contributed by atoms with van der Waals surface area (Å²) in [5.41, 5.74) is 4.03. The number of anilines is 2. The van der Waals surface area contributed by atoms with Gasteiger partial charge in [0.1, 0.15) is 0 Å². The van der Waals surface area contributed by atoms with Crippen molar-refractivity contribution in [3.8, 4) is 0 Å². The molecule has 2 heterocycles. The van der Waals surface area contributed by atoms with Gasteiger partial charge in [0, 0.05) is 30.2 Å². The zero-order valence-electron chi connectivity index (χ0n) is 17.4. The van der Waals surface area contributed by atoms with E-state index in [1.165, 1.54) is 24.3 Å². The van der Waals surface area contributed by atoms with E-state index in [9.17, 15) is 19.2 Å². The average Bonchev–Trinajstić information content (AvgIpc) is 3.35. The van der Waals surface area contributed by atoms with E-state index in [1.54, 1.807) is 24.3 Å². The van der Waals surface area contributed by atoms with Gasteiger partial charge in [-0.15, -0.1) is 0 Å². The summed E-state index contributed by atoms with van der Waals surface area (Å²) in [6.45, 7) is 0. The fourth-order valence-corrected chi connectivity index (χ4v) is 4.16. The van der Waals surface area contributed by atoms with E-state index in [2.05, 4.69) is 0 Å². The molecule has 160 valence electrons. The molecule has 0 saturated heterocycles. The SMILES string of the molecule is O=C1C=CC(=O)N1c1ccc(C(c2ccccc2)c2ccc(N3C(=O)C=CC3=O)cc2)cc1. The Labute approximate surface area is 190 Å². The van der Waals surface area contributed by atoms with Gasteiger partial charge in [-0.25, -0.2) is 9.80 Å². The molecule has 0 aromatic heterocycles. The molecule has 0 N–H and O–H groups in total. The number of carbonyl (C=O) groups excluding carboxylic acids is 4. The van der Waals surface area contributed by atoms with Crippen LogP contribution in [0.3, 0.4) is 0 Å². The maximum absolute atomic E-state index is 12.0. The summed E-state index contributed by atoms with van der Waals surface area (Å²) in [6.07, 6.45) is 5.04. The highest BCUT2D eigenvalue weighted by Gasteiger charge is 2.27. The summed E-state index contributed by atoms with van der Waals surface area (Å²) in [6, 6.07) is 24.6. The van der Waals surface area contributed by atoms with Crippen molar-refractivity contribution in [2.75, 3.05) is 9.80 Å². The van der Waals surface area contributed by atoms with Gasteiger partial charge in [-0.05, 0) is 41.0 Å². The molecule has 0 spiro atoms. The third-order valence-corrected chi connectivity index (χ3v) is 5.72. The number of hydrogen-bond donors (Lipinski definition) is 0. The fraction of sp³-hybridized carbons (Fsp3) is 0.0370. The summed E-state index contributed by atoms with van der Waals surface area (Å²) in [5.74, 6) is -1.56. The summed E-state index contributed by atoms with van der Waals surface area (Å²) in [4.78, 5) is 50.3. The first kappa shape index (κ1) is 20.3. The van der Waals surface area contributed by atoms with Crippen LogP contribution in [0, 0.1) is 0 Å². The van der Waals surface area contributed by atoms with Crippen LogP contribution in [0.1, 0.15) is 22.6 Å². The number of benzene rings is 3. The van der Waals surface area contributed by atoms with Crippen LogP contribution in [0.2, 0.25) is 0 Å². The van der Waals surface area contributed by atoms with Crippen molar-refractivity contribution < 1.29 is 19.2 Å². The Hall–Kier alpha value is -4.58. The van der Waals surface area contributed by atoms with Crippen molar-refractivity contribution in [3.63, 3.8) is 0 Å². The molecule has 33 heavy (non-hydrogen) atoms. The maximum Gasteiger partial charge on any atom is 0.258 e. The minimum atomic E-state index is -0.358. The Balaban J connectivity index is 1.50. The predicted octanol–water partition coefficient (Wildman–Crippen LogP) is 3.73. The molecule has 0 fully saturated rings. The smallest absolute Gasteiger partial charge is 0.258 e. The Kier molecular flexibility index (Phi) is 5.03. The van der Waals surface area contributed by atoms with E-state index < -0.39 is 0 Å². The second-order valence-corrected chi connectivity index (χ2v) is 7.72. The van der Waals surface area contributed by atoms with E-state index in [4.69, 9.17) is 0 Å². The topological polar surface area (TPSA) is 74.8 Å². The van der Waals surface area contributed by atoms with Crippen LogP contribution in [0.4, 0.5) is 11.4 Å². The number of amides is 4. The van der Waals surface area contributed by atoms with Crippen LogP contribution >= 0.6 is 0 Å². The molecule has 6 heteroatoms. The molecule has 0 unspecified atom stereocenters. The highest BCUT2D eigenvalue weighted by Crippen LogP contribution is 2.34. The summed E-state index contributed by atoms with van der Waals surface area (Å²) in [7, 11) is 0. The Morgan fingerprint density at radius 1 is 0.424 bits per heavy atom. The van der Waals surface area contributed by atoms with Gasteiger partial charge in [-0.3, -0.25) is 19.2 Å². The van der Waals surface area contributed by atoms with Crippen molar-refractivity contribution in [3.05, 3.63) is 120 Å². The molecule has 5 rings (SSSR count). The van der Waals surface area contributed by atoms with Gasteiger partial charge in [-0.1, -0.05) is 54.6 Å². The van der Waals surface area contributed by atoms with Crippen LogP contribution < -0.4 is 9.80 Å². The predicted molar refractivity (Wildman–Crippen MR) is 124 cm³/mol. The lowest BCUT2D eigenvalue weighted by Crippen LogP contribution is -2.29. The average molecular weight is 434 g/mol. The lowest BCUT2D eigenvalue weighted by atomic mass is 9.85. The van der Waals surface area contributed by atoms with E-state index in [0.717, 1.165) is 26.5 Å². The Morgan fingerprint density at radius 2 is 0.758 bits per heavy atom. The van der Waals surface area contributed by atoms with E-state index >= 15 is 0 Å². The van der Waals surface area contributed by atoms with Gasteiger partial charge in [0.2, 0.25) is 0 Å². The van der Waals surface area contributed by atoms with Crippen LogP contribution in [0.15, 0.2) is 103 Å². The van der Waals surface area contributed by atoms with Crippen molar-refractivity contribution in [1.29, 1.82) is 0 Å². The molecule has 6 nitrogen and oxygen atoms in total. The van der Waals surface area contributed by atoms with Crippen LogP contribution in [-0.2, 0) is 19.2 Å². The second-order valence-electron chi connectivity index (χ2n) is 7.72. The Morgan fingerprint density at radius 3 is 1.12 bits per heavy atom. The molecule has 4 amide bonds. The number of rotatable bonds is 5. The lowest BCUT2D eigenvalue weighted by molar-refractivity contribution is -0.121. The van der Waals surface area contributed by atoms with Crippen LogP contribution in [0.25, 0.3) is 0 Å². The molecular weight excluding hydrogens is 416 g/mol. The van der Waals surface area contributed by atoms with E-state index in [-0.39, 0.29) is 29.5 Å². The first-order valence-electron chi connectivity index (χ1n) is 10.4. The Bertz CT molecular complexity index is 1200. The fourth-order valence-electron chi connectivity index (χ4n) is 4.16. The van der Waals surface area contributed by atoms with Gasteiger partial charge in [0.25, 0.3) is 23.6 Å². The highest BCUT2D eigenvalue weighted by atomic mass is 16.2. The number of carbonyl (C=O) groups is 4. The molecule has 3 aromatic carbocycles. The first-order chi connectivity index (χ1) is 16.0.